The third-order valence-electron chi connectivity index (χ3n) is 6.02. The van der Waals surface area contributed by atoms with Gasteiger partial charge in [0.05, 0.1) is 19.5 Å². The lowest BCUT2D eigenvalue weighted by Crippen LogP contribution is -2.48. The number of guanidine groups is 1. The van der Waals surface area contributed by atoms with Gasteiger partial charge in [-0.1, -0.05) is 18.2 Å². The average molecular weight is 569 g/mol. The maximum atomic E-state index is 6.16. The van der Waals surface area contributed by atoms with Crippen molar-refractivity contribution >= 4 is 29.9 Å². The third kappa shape index (κ3) is 8.83. The quantitative estimate of drug-likeness (QED) is 0.216. The van der Waals surface area contributed by atoms with E-state index in [1.54, 1.807) is 6.26 Å². The molecule has 2 fully saturated rings. The molecule has 182 valence electrons. The smallest absolute Gasteiger partial charge is 0.193 e. The fraction of sp³-hybridized carbons (Fsp3) is 0.560. The highest BCUT2D eigenvalue weighted by Crippen LogP contribution is 2.18. The third-order valence-corrected chi connectivity index (χ3v) is 6.02. The minimum Gasteiger partial charge on any atom is -0.490 e. The number of hydrogen-bond donors (Lipinski definition) is 1. The van der Waals surface area contributed by atoms with Crippen LogP contribution in [0.3, 0.4) is 0 Å². The summed E-state index contributed by atoms with van der Waals surface area (Å²) in [6.45, 7) is 8.41. The Labute approximate surface area is 214 Å². The van der Waals surface area contributed by atoms with Crippen LogP contribution in [0, 0.1) is 0 Å². The maximum Gasteiger partial charge on any atom is 0.193 e. The Morgan fingerprint density at radius 1 is 1.03 bits per heavy atom. The number of rotatable bonds is 9. The fourth-order valence-corrected chi connectivity index (χ4v) is 4.20. The van der Waals surface area contributed by atoms with Gasteiger partial charge >= 0.3 is 0 Å². The van der Waals surface area contributed by atoms with Gasteiger partial charge < -0.3 is 24.1 Å². The van der Waals surface area contributed by atoms with Crippen LogP contribution in [-0.4, -0.2) is 80.9 Å². The molecule has 7 nitrogen and oxygen atoms in total. The highest BCUT2D eigenvalue weighted by Gasteiger charge is 2.23. The zero-order valence-corrected chi connectivity index (χ0v) is 21.7. The normalized spacial score (nSPS) is 18.1. The van der Waals surface area contributed by atoms with Crippen molar-refractivity contribution in [2.24, 2.45) is 4.99 Å². The Morgan fingerprint density at radius 3 is 2.55 bits per heavy atom. The van der Waals surface area contributed by atoms with Gasteiger partial charge in [-0.3, -0.25) is 9.89 Å². The largest absolute Gasteiger partial charge is 0.490 e. The lowest BCUT2D eigenvalue weighted by atomic mass is 10.1. The van der Waals surface area contributed by atoms with E-state index >= 15 is 0 Å². The molecule has 1 aromatic carbocycles. The molecule has 2 aliphatic rings. The average Bonchev–Trinajstić information content (AvgIpc) is 3.36. The lowest BCUT2D eigenvalue weighted by Gasteiger charge is -2.34. The number of benzene rings is 1. The van der Waals surface area contributed by atoms with Crippen LogP contribution in [0.2, 0.25) is 0 Å². The summed E-state index contributed by atoms with van der Waals surface area (Å²) in [6.07, 6.45) is 5.92. The van der Waals surface area contributed by atoms with Crippen LogP contribution in [0.25, 0.3) is 0 Å². The van der Waals surface area contributed by atoms with E-state index in [1.165, 1.54) is 0 Å². The summed E-state index contributed by atoms with van der Waals surface area (Å²) in [5.74, 6) is 2.97. The van der Waals surface area contributed by atoms with E-state index in [4.69, 9.17) is 18.9 Å². The van der Waals surface area contributed by atoms with Gasteiger partial charge in [-0.05, 0) is 30.7 Å². The van der Waals surface area contributed by atoms with Crippen molar-refractivity contribution < 1.29 is 13.9 Å². The van der Waals surface area contributed by atoms with E-state index < -0.39 is 0 Å². The highest BCUT2D eigenvalue weighted by atomic mass is 127. The second kappa shape index (κ2) is 14.5. The van der Waals surface area contributed by atoms with Crippen molar-refractivity contribution in [2.75, 3.05) is 59.0 Å². The molecule has 1 aromatic heterocycles. The van der Waals surface area contributed by atoms with Crippen LogP contribution >= 0.6 is 24.0 Å². The molecule has 8 heteroatoms. The van der Waals surface area contributed by atoms with E-state index in [-0.39, 0.29) is 30.1 Å². The predicted octanol–water partition coefficient (Wildman–Crippen LogP) is 3.65. The van der Waals surface area contributed by atoms with Crippen LogP contribution in [-0.2, 0) is 11.2 Å². The Hall–Kier alpha value is -1.78. The van der Waals surface area contributed by atoms with Gasteiger partial charge in [0.1, 0.15) is 17.6 Å². The first-order chi connectivity index (χ1) is 15.9. The molecule has 0 spiro atoms. The summed E-state index contributed by atoms with van der Waals surface area (Å²) >= 11 is 0. The van der Waals surface area contributed by atoms with Gasteiger partial charge in [0.2, 0.25) is 0 Å². The molecule has 0 radical (unpaired) electrons. The Balaban J connectivity index is 0.00000306. The molecule has 0 aliphatic carbocycles. The first kappa shape index (κ1) is 25.8. The number of morpholine rings is 1. The number of halogens is 1. The molecule has 33 heavy (non-hydrogen) atoms. The standard InChI is InChI=1S/C25H36N4O3.HI/c1-2-6-23(7-3-1)32-24-10-15-29(16-11-24)25(27-13-9-22-8-4-19-31-22)26-12-5-14-28-17-20-30-21-18-28;/h1-4,6-8,19,24H,5,9-18,20-21H2,(H,26,27);1H. The molecule has 2 saturated heterocycles. The Morgan fingerprint density at radius 2 is 1.82 bits per heavy atom. The first-order valence-electron chi connectivity index (χ1n) is 11.9. The molecular weight excluding hydrogens is 531 g/mol. The summed E-state index contributed by atoms with van der Waals surface area (Å²) < 4.78 is 17.1. The van der Waals surface area contributed by atoms with Gasteiger partial charge in [-0.15, -0.1) is 24.0 Å². The number of furan rings is 1. The minimum atomic E-state index is 0. The van der Waals surface area contributed by atoms with Gasteiger partial charge in [0, 0.05) is 65.1 Å². The molecule has 2 aliphatic heterocycles. The number of nitrogens with one attached hydrogen (secondary N) is 1. The lowest BCUT2D eigenvalue weighted by molar-refractivity contribution is 0.0377. The second-order valence-corrected chi connectivity index (χ2v) is 8.39. The fourth-order valence-electron chi connectivity index (χ4n) is 4.20. The number of piperidine rings is 1. The molecule has 3 heterocycles. The number of para-hydroxylation sites is 1. The van der Waals surface area contributed by atoms with E-state index in [9.17, 15) is 0 Å². The Kier molecular flexibility index (Phi) is 11.3. The van der Waals surface area contributed by atoms with Crippen molar-refractivity contribution in [2.45, 2.75) is 31.8 Å². The topological polar surface area (TPSA) is 62.5 Å². The highest BCUT2D eigenvalue weighted by molar-refractivity contribution is 14.0. The van der Waals surface area contributed by atoms with Gasteiger partial charge in [0.15, 0.2) is 5.96 Å². The summed E-state index contributed by atoms with van der Waals surface area (Å²) in [7, 11) is 0. The second-order valence-electron chi connectivity index (χ2n) is 8.39. The molecule has 0 amide bonds. The monoisotopic (exact) mass is 568 g/mol. The molecule has 0 bridgehead atoms. The predicted molar refractivity (Wildman–Crippen MR) is 142 cm³/mol. The van der Waals surface area contributed by atoms with Crippen LogP contribution in [0.5, 0.6) is 5.75 Å². The summed E-state index contributed by atoms with van der Waals surface area (Å²) in [5, 5.41) is 3.57. The summed E-state index contributed by atoms with van der Waals surface area (Å²) in [4.78, 5) is 9.81. The molecule has 4 rings (SSSR count). The van der Waals surface area contributed by atoms with E-state index in [2.05, 4.69) is 15.1 Å². The van der Waals surface area contributed by atoms with Crippen molar-refractivity contribution in [1.82, 2.24) is 15.1 Å². The molecule has 1 N–H and O–H groups in total. The van der Waals surface area contributed by atoms with Crippen molar-refractivity contribution in [1.29, 1.82) is 0 Å². The molecule has 0 saturated carbocycles. The minimum absolute atomic E-state index is 0. The zero-order chi connectivity index (χ0) is 21.8. The number of likely N-dealkylation sites (tertiary alicyclic amines) is 1. The number of aliphatic imine (C=N–C) groups is 1. The number of hydrogen-bond acceptors (Lipinski definition) is 5. The number of ether oxygens (including phenoxy) is 2. The maximum absolute atomic E-state index is 6.16. The van der Waals surface area contributed by atoms with E-state index in [0.29, 0.717) is 0 Å². The molecule has 0 atom stereocenters. The number of nitrogens with zero attached hydrogens (tertiary/aromatic N) is 3. The van der Waals surface area contributed by atoms with Gasteiger partial charge in [0.25, 0.3) is 0 Å². The molecule has 2 aromatic rings. The van der Waals surface area contributed by atoms with Crippen molar-refractivity contribution in [3.63, 3.8) is 0 Å². The van der Waals surface area contributed by atoms with Crippen molar-refractivity contribution in [3.05, 3.63) is 54.5 Å². The van der Waals surface area contributed by atoms with Crippen LogP contribution in [0.4, 0.5) is 0 Å². The van der Waals surface area contributed by atoms with Crippen LogP contribution < -0.4 is 10.1 Å². The van der Waals surface area contributed by atoms with Gasteiger partial charge in [-0.2, -0.15) is 0 Å². The molecular formula is C25H37IN4O3. The first-order valence-corrected chi connectivity index (χ1v) is 11.9. The van der Waals surface area contributed by atoms with Crippen molar-refractivity contribution in [3.8, 4) is 5.75 Å². The summed E-state index contributed by atoms with van der Waals surface area (Å²) in [6, 6.07) is 14.1. The van der Waals surface area contributed by atoms with E-state index in [0.717, 1.165) is 102 Å². The van der Waals surface area contributed by atoms with E-state index in [1.807, 2.05) is 42.5 Å². The Bertz CT molecular complexity index is 789. The molecule has 0 unspecified atom stereocenters. The van der Waals surface area contributed by atoms with Gasteiger partial charge in [-0.25, -0.2) is 0 Å². The van der Waals surface area contributed by atoms with Crippen LogP contribution in [0.15, 0.2) is 58.1 Å². The summed E-state index contributed by atoms with van der Waals surface area (Å²) in [5.41, 5.74) is 0. The van der Waals surface area contributed by atoms with Crippen LogP contribution in [0.1, 0.15) is 25.0 Å². The zero-order valence-electron chi connectivity index (χ0n) is 19.4. The SMILES string of the molecule is I.c1ccc(OC2CCN(C(=NCCCN3CCOCC3)NCCc3ccco3)CC2)cc1.